The summed E-state index contributed by atoms with van der Waals surface area (Å²) in [5.41, 5.74) is 1.07. The number of nitrogens with one attached hydrogen (secondary N) is 1. The summed E-state index contributed by atoms with van der Waals surface area (Å²) in [5, 5.41) is 2.72. The molecule has 1 unspecified atom stereocenters. The Bertz CT molecular complexity index is 773. The van der Waals surface area contributed by atoms with E-state index in [0.29, 0.717) is 17.0 Å². The average molecular weight is 355 g/mol. The Morgan fingerprint density at radius 2 is 1.73 bits per heavy atom. The van der Waals surface area contributed by atoms with Crippen molar-refractivity contribution in [2.24, 2.45) is 0 Å². The van der Waals surface area contributed by atoms with E-state index < -0.39 is 18.0 Å². The summed E-state index contributed by atoms with van der Waals surface area (Å²) in [5.74, 6) is -0.605. The van der Waals surface area contributed by atoms with E-state index in [9.17, 15) is 14.4 Å². The lowest BCUT2D eigenvalue weighted by Gasteiger charge is -2.18. The van der Waals surface area contributed by atoms with Crippen LogP contribution < -0.4 is 10.1 Å². The van der Waals surface area contributed by atoms with Crippen molar-refractivity contribution in [3.63, 3.8) is 0 Å². The first-order valence-corrected chi connectivity index (χ1v) is 8.18. The number of anilines is 1. The normalized spacial score (nSPS) is 11.3. The predicted octanol–water partition coefficient (Wildman–Crippen LogP) is 3.29. The van der Waals surface area contributed by atoms with Crippen LogP contribution in [-0.2, 0) is 19.1 Å². The highest BCUT2D eigenvalue weighted by Gasteiger charge is 2.25. The first kappa shape index (κ1) is 19.2. The molecular weight excluding hydrogens is 334 g/mol. The van der Waals surface area contributed by atoms with Crippen LogP contribution in [0.2, 0.25) is 0 Å². The highest BCUT2D eigenvalue weighted by molar-refractivity contribution is 5.96. The number of esters is 1. The molecule has 0 aromatic heterocycles. The first-order valence-electron chi connectivity index (χ1n) is 8.18. The van der Waals surface area contributed by atoms with Crippen LogP contribution in [0.3, 0.4) is 0 Å². The summed E-state index contributed by atoms with van der Waals surface area (Å²) in [4.78, 5) is 35.7. The fourth-order valence-electron chi connectivity index (χ4n) is 2.28. The number of Topliss-reactive ketones (excluding diaryl/α,β-unsaturated/α-hetero) is 1. The zero-order valence-corrected chi connectivity index (χ0v) is 14.7. The lowest BCUT2D eigenvalue weighted by Crippen LogP contribution is -2.26. The van der Waals surface area contributed by atoms with E-state index in [2.05, 4.69) is 5.32 Å². The van der Waals surface area contributed by atoms with Crippen LogP contribution in [0.25, 0.3) is 0 Å². The maximum absolute atomic E-state index is 12.7. The fraction of sp³-hybridized carbons (Fsp3) is 0.250. The van der Waals surface area contributed by atoms with Crippen LogP contribution in [0.4, 0.5) is 5.69 Å². The summed E-state index contributed by atoms with van der Waals surface area (Å²) >= 11 is 0. The van der Waals surface area contributed by atoms with E-state index >= 15 is 0 Å². The van der Waals surface area contributed by atoms with Crippen molar-refractivity contribution in [2.75, 3.05) is 12.4 Å². The second kappa shape index (κ2) is 9.36. The predicted molar refractivity (Wildman–Crippen MR) is 96.8 cm³/mol. The molecule has 1 atom stereocenters. The summed E-state index contributed by atoms with van der Waals surface area (Å²) in [6.45, 7) is 1.40. The molecule has 0 aliphatic rings. The molecule has 0 heterocycles. The Labute approximate surface area is 152 Å². The van der Waals surface area contributed by atoms with Crippen LogP contribution in [-0.4, -0.2) is 24.8 Å². The van der Waals surface area contributed by atoms with E-state index in [0.717, 1.165) is 0 Å². The summed E-state index contributed by atoms with van der Waals surface area (Å²) in [7, 11) is 1.53. The Kier molecular flexibility index (Phi) is 6.91. The van der Waals surface area contributed by atoms with E-state index in [-0.39, 0.29) is 18.6 Å². The SMILES string of the molecule is COc1cccc(NC(=O)C(OC(=O)CCC(C)=O)c2ccccc2)c1. The van der Waals surface area contributed by atoms with Gasteiger partial charge in [-0.15, -0.1) is 0 Å². The molecule has 2 aromatic carbocycles. The highest BCUT2D eigenvalue weighted by Crippen LogP contribution is 2.23. The van der Waals surface area contributed by atoms with Gasteiger partial charge < -0.3 is 19.6 Å². The molecule has 1 amide bonds. The third-order valence-corrected chi connectivity index (χ3v) is 3.61. The third kappa shape index (κ3) is 5.73. The molecule has 26 heavy (non-hydrogen) atoms. The van der Waals surface area contributed by atoms with Gasteiger partial charge in [0, 0.05) is 23.7 Å². The van der Waals surface area contributed by atoms with Gasteiger partial charge in [0.25, 0.3) is 5.91 Å². The van der Waals surface area contributed by atoms with Gasteiger partial charge in [-0.25, -0.2) is 0 Å². The van der Waals surface area contributed by atoms with Crippen LogP contribution in [0.1, 0.15) is 31.4 Å². The molecule has 136 valence electrons. The smallest absolute Gasteiger partial charge is 0.307 e. The Morgan fingerprint density at radius 3 is 2.38 bits per heavy atom. The van der Waals surface area contributed by atoms with E-state index in [1.54, 1.807) is 54.6 Å². The van der Waals surface area contributed by atoms with Crippen LogP contribution in [0, 0.1) is 0 Å². The van der Waals surface area contributed by atoms with Gasteiger partial charge >= 0.3 is 5.97 Å². The summed E-state index contributed by atoms with van der Waals surface area (Å²) < 4.78 is 10.5. The number of hydrogen-bond donors (Lipinski definition) is 1. The minimum absolute atomic E-state index is 0.0644. The molecule has 0 bridgehead atoms. The molecule has 0 aliphatic carbocycles. The standard InChI is InChI=1S/C20H21NO5/c1-14(22)11-12-18(23)26-19(15-7-4-3-5-8-15)20(24)21-16-9-6-10-17(13-16)25-2/h3-10,13,19H,11-12H2,1-2H3,(H,21,24). The number of hydrogen-bond acceptors (Lipinski definition) is 5. The van der Waals surface area contributed by atoms with Gasteiger partial charge in [0.15, 0.2) is 0 Å². The molecule has 2 rings (SSSR count). The Balaban J connectivity index is 2.15. The van der Waals surface area contributed by atoms with E-state index in [4.69, 9.17) is 9.47 Å². The van der Waals surface area contributed by atoms with Gasteiger partial charge in [-0.3, -0.25) is 9.59 Å². The molecule has 0 saturated heterocycles. The van der Waals surface area contributed by atoms with Crippen molar-refractivity contribution in [3.8, 4) is 5.75 Å². The maximum atomic E-state index is 12.7. The van der Waals surface area contributed by atoms with Gasteiger partial charge in [-0.2, -0.15) is 0 Å². The van der Waals surface area contributed by atoms with Gasteiger partial charge in [0.2, 0.25) is 6.10 Å². The molecular formula is C20H21NO5. The summed E-state index contributed by atoms with van der Waals surface area (Å²) in [6.07, 6.45) is -1.09. The van der Waals surface area contributed by atoms with Crippen molar-refractivity contribution >= 4 is 23.3 Å². The van der Waals surface area contributed by atoms with Crippen LogP contribution in [0.15, 0.2) is 54.6 Å². The van der Waals surface area contributed by atoms with Gasteiger partial charge in [0.05, 0.1) is 13.5 Å². The number of carbonyl (C=O) groups is 3. The van der Waals surface area contributed by atoms with Crippen molar-refractivity contribution in [1.29, 1.82) is 0 Å². The van der Waals surface area contributed by atoms with Crippen molar-refractivity contribution in [2.45, 2.75) is 25.9 Å². The molecule has 6 heteroatoms. The first-order chi connectivity index (χ1) is 12.5. The Morgan fingerprint density at radius 1 is 1.00 bits per heavy atom. The monoisotopic (exact) mass is 355 g/mol. The second-order valence-electron chi connectivity index (χ2n) is 5.70. The zero-order valence-electron chi connectivity index (χ0n) is 14.7. The van der Waals surface area contributed by atoms with Gasteiger partial charge in [0.1, 0.15) is 11.5 Å². The molecule has 0 radical (unpaired) electrons. The fourth-order valence-corrected chi connectivity index (χ4v) is 2.28. The van der Waals surface area contributed by atoms with Crippen molar-refractivity contribution < 1.29 is 23.9 Å². The molecule has 0 aliphatic heterocycles. The van der Waals surface area contributed by atoms with Gasteiger partial charge in [-0.05, 0) is 19.1 Å². The number of methoxy groups -OCH3 is 1. The minimum atomic E-state index is -1.11. The van der Waals surface area contributed by atoms with Crippen LogP contribution in [0.5, 0.6) is 5.75 Å². The average Bonchev–Trinajstić information content (AvgIpc) is 2.65. The van der Waals surface area contributed by atoms with Crippen molar-refractivity contribution in [3.05, 3.63) is 60.2 Å². The number of benzene rings is 2. The number of amides is 1. The lowest BCUT2D eigenvalue weighted by atomic mass is 10.1. The van der Waals surface area contributed by atoms with Crippen molar-refractivity contribution in [1.82, 2.24) is 0 Å². The largest absolute Gasteiger partial charge is 0.497 e. The molecule has 6 nitrogen and oxygen atoms in total. The quantitative estimate of drug-likeness (QED) is 0.735. The van der Waals surface area contributed by atoms with Crippen LogP contribution >= 0.6 is 0 Å². The topological polar surface area (TPSA) is 81.7 Å². The summed E-state index contributed by atoms with van der Waals surface area (Å²) in [6, 6.07) is 15.6. The van der Waals surface area contributed by atoms with Gasteiger partial charge in [-0.1, -0.05) is 36.4 Å². The third-order valence-electron chi connectivity index (χ3n) is 3.61. The molecule has 2 aromatic rings. The zero-order chi connectivity index (χ0) is 18.9. The van der Waals surface area contributed by atoms with E-state index in [1.807, 2.05) is 0 Å². The minimum Gasteiger partial charge on any atom is -0.497 e. The molecule has 0 fully saturated rings. The highest BCUT2D eigenvalue weighted by atomic mass is 16.5. The molecule has 0 spiro atoms. The number of rotatable bonds is 8. The second-order valence-corrected chi connectivity index (χ2v) is 5.70. The molecule has 0 saturated carbocycles. The number of ketones is 1. The van der Waals surface area contributed by atoms with E-state index in [1.165, 1.54) is 14.0 Å². The maximum Gasteiger partial charge on any atom is 0.307 e. The number of ether oxygens (including phenoxy) is 2. The number of carbonyl (C=O) groups excluding carboxylic acids is 3. The Hall–Kier alpha value is -3.15. The molecule has 1 N–H and O–H groups in total. The lowest BCUT2D eigenvalue weighted by molar-refractivity contribution is -0.155.